The summed E-state index contributed by atoms with van der Waals surface area (Å²) in [5.74, 6) is 0.376. The number of anilines is 2. The SMILES string of the molecule is CC(=O)N(OC(=O)C(F)(F)F)c1nc2ccc(-c3cnc(N)c(C(F)(F)F)c3)cn2c1C#Cc1ccccc1. The molecule has 0 aliphatic heterocycles. The second kappa shape index (κ2) is 10.0. The molecule has 0 fully saturated rings. The van der Waals surface area contributed by atoms with Gasteiger partial charge in [-0.15, -0.1) is 5.06 Å². The first-order valence-corrected chi connectivity index (χ1v) is 10.8. The summed E-state index contributed by atoms with van der Waals surface area (Å²) in [6, 6.07) is 11.8. The zero-order chi connectivity index (χ0) is 28.5. The van der Waals surface area contributed by atoms with Gasteiger partial charge in [-0.3, -0.25) is 9.20 Å². The van der Waals surface area contributed by atoms with E-state index in [1.165, 1.54) is 22.7 Å². The van der Waals surface area contributed by atoms with Crippen LogP contribution in [0.15, 0.2) is 60.9 Å². The topological polar surface area (TPSA) is 103 Å². The van der Waals surface area contributed by atoms with Crippen LogP contribution in [0.2, 0.25) is 0 Å². The summed E-state index contributed by atoms with van der Waals surface area (Å²) >= 11 is 0. The number of imidazole rings is 1. The van der Waals surface area contributed by atoms with Crippen LogP contribution in [0.4, 0.5) is 38.0 Å². The number of halogens is 6. The number of nitrogen functional groups attached to an aromatic ring is 1. The predicted octanol–water partition coefficient (Wildman–Crippen LogP) is 4.77. The predicted molar refractivity (Wildman–Crippen MR) is 126 cm³/mol. The van der Waals surface area contributed by atoms with Crippen LogP contribution in [0.3, 0.4) is 0 Å². The van der Waals surface area contributed by atoms with Gasteiger partial charge in [0.15, 0.2) is 0 Å². The third-order valence-corrected chi connectivity index (χ3v) is 5.14. The summed E-state index contributed by atoms with van der Waals surface area (Å²) in [5, 5.41) is 0.0457. The number of fused-ring (bicyclic) bond motifs is 1. The molecule has 0 unspecified atom stereocenters. The van der Waals surface area contributed by atoms with Gasteiger partial charge in [0.25, 0.3) is 5.91 Å². The fourth-order valence-corrected chi connectivity index (χ4v) is 3.37. The number of nitrogens with two attached hydrogens (primary N) is 1. The van der Waals surface area contributed by atoms with Gasteiger partial charge in [-0.05, 0) is 36.3 Å². The summed E-state index contributed by atoms with van der Waals surface area (Å²) in [5.41, 5.74) is 4.70. The molecule has 0 atom stereocenters. The van der Waals surface area contributed by atoms with E-state index in [1.807, 2.05) is 0 Å². The molecule has 0 saturated carbocycles. The molecule has 3 aromatic heterocycles. The number of carbonyl (C=O) groups excluding carboxylic acids is 2. The number of benzene rings is 1. The van der Waals surface area contributed by atoms with Crippen LogP contribution in [0.1, 0.15) is 23.7 Å². The largest absolute Gasteiger partial charge is 0.493 e. The van der Waals surface area contributed by atoms with E-state index in [4.69, 9.17) is 5.73 Å². The van der Waals surface area contributed by atoms with E-state index in [1.54, 1.807) is 30.3 Å². The average Bonchev–Trinajstić information content (AvgIpc) is 3.22. The average molecular weight is 547 g/mol. The number of hydrogen-bond donors (Lipinski definition) is 1. The Morgan fingerprint density at radius 3 is 2.31 bits per heavy atom. The van der Waals surface area contributed by atoms with Crippen LogP contribution < -0.4 is 10.8 Å². The first-order chi connectivity index (χ1) is 18.3. The summed E-state index contributed by atoms with van der Waals surface area (Å²) in [6.07, 6.45) is -7.81. The molecule has 0 radical (unpaired) electrons. The highest BCUT2D eigenvalue weighted by Gasteiger charge is 2.44. The molecule has 39 heavy (non-hydrogen) atoms. The van der Waals surface area contributed by atoms with Crippen molar-refractivity contribution < 1.29 is 40.8 Å². The maximum Gasteiger partial charge on any atom is 0.493 e. The third kappa shape index (κ3) is 5.77. The van der Waals surface area contributed by atoms with Crippen molar-refractivity contribution in [3.05, 3.63) is 77.7 Å². The minimum atomic E-state index is -5.42. The van der Waals surface area contributed by atoms with Crippen molar-refractivity contribution in [3.8, 4) is 23.0 Å². The molecule has 0 saturated heterocycles. The molecule has 1 amide bonds. The van der Waals surface area contributed by atoms with Crippen molar-refractivity contribution in [2.24, 2.45) is 0 Å². The molecule has 0 bridgehead atoms. The van der Waals surface area contributed by atoms with Crippen LogP contribution >= 0.6 is 0 Å². The van der Waals surface area contributed by atoms with Gasteiger partial charge < -0.3 is 10.6 Å². The van der Waals surface area contributed by atoms with E-state index in [0.717, 1.165) is 19.2 Å². The van der Waals surface area contributed by atoms with Crippen molar-refractivity contribution in [1.29, 1.82) is 0 Å². The van der Waals surface area contributed by atoms with Gasteiger partial charge in [0.1, 0.15) is 17.2 Å². The molecule has 0 aliphatic carbocycles. The highest BCUT2D eigenvalue weighted by Crippen LogP contribution is 2.35. The second-order valence-corrected chi connectivity index (χ2v) is 7.89. The standard InChI is InChI=1S/C25H15F6N5O3/c1-14(37)36(39-23(38)25(29,30)31)22-19(9-7-15-5-3-2-4-6-15)35-13-16(8-10-20(35)34-22)17-11-18(24(26,27)28)21(32)33-12-17/h2-6,8,10-13H,1H3,(H2,32,33). The highest BCUT2D eigenvalue weighted by atomic mass is 19.4. The smallest absolute Gasteiger partial charge is 0.383 e. The van der Waals surface area contributed by atoms with Crippen molar-refractivity contribution in [3.63, 3.8) is 0 Å². The summed E-state index contributed by atoms with van der Waals surface area (Å²) in [4.78, 5) is 35.7. The van der Waals surface area contributed by atoms with Crippen LogP contribution in [-0.4, -0.2) is 32.4 Å². The number of nitrogens with zero attached hydrogens (tertiary/aromatic N) is 4. The van der Waals surface area contributed by atoms with Gasteiger partial charge >= 0.3 is 18.3 Å². The molecular weight excluding hydrogens is 532 g/mol. The van der Waals surface area contributed by atoms with Gasteiger partial charge in [0.05, 0.1) is 5.56 Å². The molecule has 2 N–H and O–H groups in total. The fourth-order valence-electron chi connectivity index (χ4n) is 3.37. The van der Waals surface area contributed by atoms with Crippen molar-refractivity contribution in [2.75, 3.05) is 10.8 Å². The first-order valence-electron chi connectivity index (χ1n) is 10.8. The molecule has 200 valence electrons. The lowest BCUT2D eigenvalue weighted by atomic mass is 10.1. The van der Waals surface area contributed by atoms with Crippen molar-refractivity contribution >= 4 is 29.2 Å². The normalized spacial score (nSPS) is 11.6. The quantitative estimate of drug-likeness (QED) is 0.220. The lowest BCUT2D eigenvalue weighted by Gasteiger charge is -2.18. The summed E-state index contributed by atoms with van der Waals surface area (Å²) < 4.78 is 80.0. The zero-order valence-corrected chi connectivity index (χ0v) is 19.6. The maximum atomic E-state index is 13.4. The first kappa shape index (κ1) is 27.0. The van der Waals surface area contributed by atoms with Gasteiger partial charge in [-0.1, -0.05) is 24.1 Å². The van der Waals surface area contributed by atoms with E-state index >= 15 is 0 Å². The second-order valence-electron chi connectivity index (χ2n) is 7.89. The summed E-state index contributed by atoms with van der Waals surface area (Å²) in [6.45, 7) is 0.839. The summed E-state index contributed by atoms with van der Waals surface area (Å²) in [7, 11) is 0. The molecule has 4 rings (SSSR count). The fraction of sp³-hybridized carbons (Fsp3) is 0.120. The van der Waals surface area contributed by atoms with E-state index in [-0.39, 0.29) is 27.5 Å². The van der Waals surface area contributed by atoms with Crippen molar-refractivity contribution in [1.82, 2.24) is 14.4 Å². The number of carbonyl (C=O) groups is 2. The van der Waals surface area contributed by atoms with E-state index in [2.05, 4.69) is 26.6 Å². The number of hydrogen-bond acceptors (Lipinski definition) is 6. The Kier molecular flexibility index (Phi) is 6.93. The Morgan fingerprint density at radius 1 is 1.00 bits per heavy atom. The third-order valence-electron chi connectivity index (χ3n) is 5.14. The molecule has 3 heterocycles. The molecule has 0 spiro atoms. The number of alkyl halides is 6. The highest BCUT2D eigenvalue weighted by molar-refractivity contribution is 5.93. The monoisotopic (exact) mass is 547 g/mol. The van der Waals surface area contributed by atoms with Gasteiger partial charge in [0.2, 0.25) is 5.82 Å². The minimum absolute atomic E-state index is 0.00238. The Hall–Kier alpha value is -5.06. The molecule has 1 aromatic carbocycles. The molecule has 4 aromatic rings. The number of rotatable bonds is 2. The van der Waals surface area contributed by atoms with Gasteiger partial charge in [-0.2, -0.15) is 26.3 Å². The van der Waals surface area contributed by atoms with Crippen LogP contribution in [0.25, 0.3) is 16.8 Å². The lowest BCUT2D eigenvalue weighted by molar-refractivity contribution is -0.201. The zero-order valence-electron chi connectivity index (χ0n) is 19.6. The van der Waals surface area contributed by atoms with Crippen LogP contribution in [-0.2, 0) is 20.6 Å². The Morgan fingerprint density at radius 2 is 1.69 bits per heavy atom. The van der Waals surface area contributed by atoms with Crippen LogP contribution in [0, 0.1) is 11.8 Å². The maximum absolute atomic E-state index is 13.4. The Bertz CT molecular complexity index is 1640. The number of aromatic nitrogens is 3. The molecule has 8 nitrogen and oxygen atoms in total. The van der Waals surface area contributed by atoms with Crippen LogP contribution in [0.5, 0.6) is 0 Å². The molecule has 14 heteroatoms. The molecular formula is C25H15F6N5O3. The minimum Gasteiger partial charge on any atom is -0.383 e. The number of amides is 1. The Balaban J connectivity index is 1.92. The van der Waals surface area contributed by atoms with E-state index in [9.17, 15) is 35.9 Å². The number of pyridine rings is 2. The van der Waals surface area contributed by atoms with E-state index in [0.29, 0.717) is 5.56 Å². The van der Waals surface area contributed by atoms with Crippen molar-refractivity contribution in [2.45, 2.75) is 19.3 Å². The van der Waals surface area contributed by atoms with Gasteiger partial charge in [0, 0.05) is 36.0 Å². The number of hydroxylamine groups is 1. The van der Waals surface area contributed by atoms with Gasteiger partial charge in [-0.25, -0.2) is 14.8 Å². The Labute approximate surface area is 215 Å². The lowest BCUT2D eigenvalue weighted by Crippen LogP contribution is -2.38. The van der Waals surface area contributed by atoms with E-state index < -0.39 is 41.4 Å². The molecule has 0 aliphatic rings.